The first-order chi connectivity index (χ1) is 23.2. The molecule has 3 saturated heterocycles. The molecule has 11 nitrogen and oxygen atoms in total. The van der Waals surface area contributed by atoms with Crippen LogP contribution in [0.1, 0.15) is 52.5 Å². The third-order valence-corrected chi connectivity index (χ3v) is 10.7. The van der Waals surface area contributed by atoms with Gasteiger partial charge in [-0.1, -0.05) is 18.2 Å². The van der Waals surface area contributed by atoms with E-state index in [1.807, 2.05) is 80.3 Å². The van der Waals surface area contributed by atoms with Crippen LogP contribution in [-0.4, -0.2) is 97.5 Å². The molecule has 3 aliphatic heterocycles. The summed E-state index contributed by atoms with van der Waals surface area (Å²) in [5.74, 6) is 3.47. The first kappa shape index (κ1) is 31.1. The van der Waals surface area contributed by atoms with Crippen molar-refractivity contribution >= 4 is 22.9 Å². The van der Waals surface area contributed by atoms with Gasteiger partial charge in [0.25, 0.3) is 0 Å². The summed E-state index contributed by atoms with van der Waals surface area (Å²) in [6.45, 7) is 12.0. The third-order valence-electron chi connectivity index (χ3n) is 10.7. The molecule has 1 aliphatic carbocycles. The van der Waals surface area contributed by atoms with Gasteiger partial charge in [-0.05, 0) is 94.7 Å². The summed E-state index contributed by atoms with van der Waals surface area (Å²) < 4.78 is 13.7. The van der Waals surface area contributed by atoms with Crippen molar-refractivity contribution in [2.24, 2.45) is 11.8 Å². The standard InChI is InChI=1S/C37H46N8O3/c1-37(2,3)48-36(46)44-21-29(22-44)43-19-25-17-42(18-26(25)20-43)27-11-13-28(14-12-27)45-35-32(34(38)39-23-40-35)33(41-45)24-9-15-31(16-10-24)47-30-7-5-4-6-8-30/h4-10,15-16,23,25-29H,11-14,17-22H2,1-3H3,(H2,38,39,40). The zero-order valence-electron chi connectivity index (χ0n) is 28.2. The zero-order valence-corrected chi connectivity index (χ0v) is 28.2. The van der Waals surface area contributed by atoms with Gasteiger partial charge >= 0.3 is 6.09 Å². The van der Waals surface area contributed by atoms with Crippen molar-refractivity contribution in [3.8, 4) is 22.8 Å². The average Bonchev–Trinajstić information content (AvgIpc) is 3.74. The molecule has 11 heteroatoms. The molecule has 4 aliphatic rings. The smallest absolute Gasteiger partial charge is 0.410 e. The van der Waals surface area contributed by atoms with Crippen LogP contribution < -0.4 is 10.5 Å². The van der Waals surface area contributed by atoms with Gasteiger partial charge in [0.15, 0.2) is 5.65 Å². The van der Waals surface area contributed by atoms with Crippen LogP contribution >= 0.6 is 0 Å². The number of benzene rings is 2. The molecule has 0 spiro atoms. The number of anilines is 1. The molecule has 2 aromatic heterocycles. The Balaban J connectivity index is 0.879. The number of ether oxygens (including phenoxy) is 2. The number of carbonyl (C=O) groups is 1. The number of hydrogen-bond acceptors (Lipinski definition) is 9. The van der Waals surface area contributed by atoms with E-state index in [1.165, 1.54) is 13.1 Å². The highest BCUT2D eigenvalue weighted by Crippen LogP contribution is 2.41. The van der Waals surface area contributed by atoms with Crippen molar-refractivity contribution in [2.75, 3.05) is 45.0 Å². The Morgan fingerprint density at radius 1 is 0.771 bits per heavy atom. The van der Waals surface area contributed by atoms with Crippen LogP contribution in [0.15, 0.2) is 60.9 Å². The van der Waals surface area contributed by atoms with Crippen molar-refractivity contribution in [1.82, 2.24) is 34.4 Å². The number of rotatable bonds is 6. The molecule has 2 unspecified atom stereocenters. The maximum atomic E-state index is 12.4. The van der Waals surface area contributed by atoms with E-state index in [9.17, 15) is 4.79 Å². The Labute approximate surface area is 282 Å². The normalized spacial score (nSPS) is 25.3. The number of amides is 1. The number of fused-ring (bicyclic) bond motifs is 2. The number of likely N-dealkylation sites (tertiary alicyclic amines) is 3. The van der Waals surface area contributed by atoms with Crippen LogP contribution in [0.2, 0.25) is 0 Å². The van der Waals surface area contributed by atoms with Gasteiger partial charge in [0.1, 0.15) is 34.9 Å². The van der Waals surface area contributed by atoms with Crippen molar-refractivity contribution in [3.63, 3.8) is 0 Å². The molecule has 4 fully saturated rings. The average molecular weight is 651 g/mol. The molecule has 2 N–H and O–H groups in total. The third kappa shape index (κ3) is 6.09. The maximum Gasteiger partial charge on any atom is 0.410 e. The monoisotopic (exact) mass is 650 g/mol. The number of nitrogen functional groups attached to an aromatic ring is 1. The predicted molar refractivity (Wildman–Crippen MR) is 185 cm³/mol. The molecule has 2 aromatic carbocycles. The largest absolute Gasteiger partial charge is 0.457 e. The Kier molecular flexibility index (Phi) is 7.99. The van der Waals surface area contributed by atoms with E-state index in [4.69, 9.17) is 20.3 Å². The Bertz CT molecular complexity index is 1740. The Hall–Kier alpha value is -4.22. The number of para-hydroxylation sites is 1. The quantitative estimate of drug-likeness (QED) is 0.275. The number of carbonyl (C=O) groups excluding carboxylic acids is 1. The van der Waals surface area contributed by atoms with Crippen LogP contribution in [0.5, 0.6) is 11.5 Å². The molecule has 0 radical (unpaired) electrons. The molecular weight excluding hydrogens is 604 g/mol. The van der Waals surface area contributed by atoms with E-state index in [0.717, 1.165) is 97.5 Å². The summed E-state index contributed by atoms with van der Waals surface area (Å²) in [5, 5.41) is 5.95. The van der Waals surface area contributed by atoms with E-state index in [2.05, 4.69) is 24.4 Å². The van der Waals surface area contributed by atoms with E-state index in [-0.39, 0.29) is 12.1 Å². The van der Waals surface area contributed by atoms with E-state index in [1.54, 1.807) is 6.33 Å². The fourth-order valence-electron chi connectivity index (χ4n) is 8.25. The number of aromatic nitrogens is 4. The van der Waals surface area contributed by atoms with Crippen LogP contribution in [0.3, 0.4) is 0 Å². The zero-order chi connectivity index (χ0) is 33.0. The number of nitrogens with zero attached hydrogens (tertiary/aromatic N) is 7. The summed E-state index contributed by atoms with van der Waals surface area (Å²) in [6.07, 6.45) is 5.81. The molecular formula is C37H46N8O3. The summed E-state index contributed by atoms with van der Waals surface area (Å²) >= 11 is 0. The van der Waals surface area contributed by atoms with Crippen LogP contribution in [0, 0.1) is 11.8 Å². The van der Waals surface area contributed by atoms with Crippen molar-refractivity contribution in [3.05, 3.63) is 60.9 Å². The SMILES string of the molecule is CC(C)(C)OC(=O)N1CC(N2CC3CN(C4CCC(n5nc(-c6ccc(Oc7ccccc7)cc6)c6c(N)ncnc65)CC4)CC3C2)C1. The van der Waals surface area contributed by atoms with Crippen LogP contribution in [-0.2, 0) is 4.74 Å². The van der Waals surface area contributed by atoms with Gasteiger partial charge in [0, 0.05) is 56.9 Å². The van der Waals surface area contributed by atoms with Gasteiger partial charge in [-0.3, -0.25) is 9.80 Å². The predicted octanol–water partition coefficient (Wildman–Crippen LogP) is 5.83. The Morgan fingerprint density at radius 2 is 1.38 bits per heavy atom. The second kappa shape index (κ2) is 12.3. The minimum atomic E-state index is -0.445. The second-order valence-electron chi connectivity index (χ2n) is 15.1. The van der Waals surface area contributed by atoms with E-state index in [0.29, 0.717) is 17.9 Å². The molecule has 5 heterocycles. The highest BCUT2D eigenvalue weighted by molar-refractivity contribution is 5.98. The second-order valence-corrected chi connectivity index (χ2v) is 15.1. The Morgan fingerprint density at radius 3 is 2.02 bits per heavy atom. The lowest BCUT2D eigenvalue weighted by atomic mass is 9.90. The van der Waals surface area contributed by atoms with Gasteiger partial charge in [0.05, 0.1) is 11.4 Å². The maximum absolute atomic E-state index is 12.4. The minimum Gasteiger partial charge on any atom is -0.457 e. The van der Waals surface area contributed by atoms with Gasteiger partial charge in [0.2, 0.25) is 0 Å². The summed E-state index contributed by atoms with van der Waals surface area (Å²) in [4.78, 5) is 28.6. The van der Waals surface area contributed by atoms with Crippen molar-refractivity contribution in [2.45, 2.75) is 70.2 Å². The van der Waals surface area contributed by atoms with Crippen molar-refractivity contribution in [1.29, 1.82) is 0 Å². The molecule has 2 atom stereocenters. The molecule has 4 aromatic rings. The van der Waals surface area contributed by atoms with Crippen molar-refractivity contribution < 1.29 is 14.3 Å². The lowest BCUT2D eigenvalue weighted by molar-refractivity contribution is -0.0132. The number of nitrogens with two attached hydrogens (primary N) is 1. The van der Waals surface area contributed by atoms with Gasteiger partial charge < -0.3 is 20.1 Å². The van der Waals surface area contributed by atoms with Crippen LogP contribution in [0.4, 0.5) is 10.6 Å². The van der Waals surface area contributed by atoms with Crippen LogP contribution in [0.25, 0.3) is 22.3 Å². The summed E-state index contributed by atoms with van der Waals surface area (Å²) in [7, 11) is 0. The van der Waals surface area contributed by atoms with E-state index < -0.39 is 5.60 Å². The molecule has 1 saturated carbocycles. The number of hydrogen-bond donors (Lipinski definition) is 1. The first-order valence-electron chi connectivity index (χ1n) is 17.5. The lowest BCUT2D eigenvalue weighted by Gasteiger charge is -2.44. The van der Waals surface area contributed by atoms with Gasteiger partial charge in [-0.15, -0.1) is 0 Å². The molecule has 8 rings (SSSR count). The molecule has 48 heavy (non-hydrogen) atoms. The first-order valence-corrected chi connectivity index (χ1v) is 17.5. The fourth-order valence-corrected chi connectivity index (χ4v) is 8.25. The van der Waals surface area contributed by atoms with Gasteiger partial charge in [-0.2, -0.15) is 5.10 Å². The molecule has 0 bridgehead atoms. The summed E-state index contributed by atoms with van der Waals surface area (Å²) in [6, 6.07) is 19.1. The van der Waals surface area contributed by atoms with E-state index >= 15 is 0 Å². The lowest BCUT2D eigenvalue weighted by Crippen LogP contribution is -2.61. The highest BCUT2D eigenvalue weighted by atomic mass is 16.6. The highest BCUT2D eigenvalue weighted by Gasteiger charge is 2.47. The fraction of sp³-hybridized carbons (Fsp3) is 0.514. The molecule has 1 amide bonds. The molecule has 252 valence electrons. The van der Waals surface area contributed by atoms with Gasteiger partial charge in [-0.25, -0.2) is 19.4 Å². The minimum absolute atomic E-state index is 0.182. The topological polar surface area (TPSA) is 115 Å². The summed E-state index contributed by atoms with van der Waals surface area (Å²) in [5.41, 5.74) is 8.58.